The summed E-state index contributed by atoms with van der Waals surface area (Å²) < 4.78 is 22.9. The molecule has 19 heavy (non-hydrogen) atoms. The predicted molar refractivity (Wildman–Crippen MR) is 75.3 cm³/mol. The number of hydrogen-bond acceptors (Lipinski definition) is 3. The molecule has 1 fully saturated rings. The van der Waals surface area contributed by atoms with Gasteiger partial charge in [-0.1, -0.05) is 23.7 Å². The largest absolute Gasteiger partial charge is 0.332 e. The lowest BCUT2D eigenvalue weighted by Gasteiger charge is -2.24. The number of rotatable bonds is 2. The van der Waals surface area contributed by atoms with Gasteiger partial charge in [0.05, 0.1) is 27.8 Å². The van der Waals surface area contributed by atoms with Gasteiger partial charge in [-0.15, -0.1) is 0 Å². The van der Waals surface area contributed by atoms with E-state index in [2.05, 4.69) is 10.6 Å². The van der Waals surface area contributed by atoms with Gasteiger partial charge >= 0.3 is 6.03 Å². The molecule has 104 valence electrons. The summed E-state index contributed by atoms with van der Waals surface area (Å²) in [5, 5.41) is 5.74. The second-order valence-electron chi connectivity index (χ2n) is 4.96. The van der Waals surface area contributed by atoms with Crippen molar-refractivity contribution in [3.63, 3.8) is 0 Å². The fourth-order valence-corrected chi connectivity index (χ4v) is 4.38. The van der Waals surface area contributed by atoms with Gasteiger partial charge in [0.1, 0.15) is 0 Å². The van der Waals surface area contributed by atoms with Gasteiger partial charge in [0, 0.05) is 0 Å². The third-order valence-corrected chi connectivity index (χ3v) is 5.27. The number of nitrogens with one attached hydrogen (secondary N) is 2. The van der Waals surface area contributed by atoms with Crippen LogP contribution in [0, 0.1) is 0 Å². The molecular weight excluding hydrogens is 288 g/mol. The summed E-state index contributed by atoms with van der Waals surface area (Å²) in [6.07, 6.45) is 0.422. The van der Waals surface area contributed by atoms with Crippen LogP contribution in [0.25, 0.3) is 0 Å². The van der Waals surface area contributed by atoms with Gasteiger partial charge in [0.15, 0.2) is 9.84 Å². The molecule has 0 spiro atoms. The van der Waals surface area contributed by atoms with Gasteiger partial charge in [0.25, 0.3) is 0 Å². The Morgan fingerprint density at radius 1 is 1.37 bits per heavy atom. The molecule has 1 aliphatic heterocycles. The average molecular weight is 303 g/mol. The summed E-state index contributed by atoms with van der Waals surface area (Å²) in [5.74, 6) is 0.0752. The Labute approximate surface area is 117 Å². The Kier molecular flexibility index (Phi) is 3.73. The lowest BCUT2D eigenvalue weighted by atomic mass is 10.0. The van der Waals surface area contributed by atoms with Gasteiger partial charge in [-0.2, -0.15) is 0 Å². The molecule has 0 aromatic heterocycles. The van der Waals surface area contributed by atoms with Gasteiger partial charge in [0.2, 0.25) is 0 Å². The predicted octanol–water partition coefficient (Wildman–Crippen LogP) is 2.04. The topological polar surface area (TPSA) is 75.3 Å². The van der Waals surface area contributed by atoms with Crippen molar-refractivity contribution in [1.82, 2.24) is 5.32 Å². The van der Waals surface area contributed by atoms with Crippen LogP contribution in [0.1, 0.15) is 13.3 Å². The van der Waals surface area contributed by atoms with Crippen LogP contribution < -0.4 is 10.6 Å². The Balaban J connectivity index is 2.01. The van der Waals surface area contributed by atoms with Crippen LogP contribution in [-0.4, -0.2) is 31.5 Å². The van der Waals surface area contributed by atoms with Crippen molar-refractivity contribution in [2.24, 2.45) is 0 Å². The maximum Gasteiger partial charge on any atom is 0.319 e. The first kappa shape index (κ1) is 14.1. The highest BCUT2D eigenvalue weighted by molar-refractivity contribution is 7.91. The minimum Gasteiger partial charge on any atom is -0.332 e. The number of para-hydroxylation sites is 1. The standard InChI is InChI=1S/C12H15ClN2O3S/c1-12(6-7-19(17,18)8-12)15-11(16)14-10-5-3-2-4-9(10)13/h2-5H,6-8H2,1H3,(H2,14,15,16). The first-order valence-electron chi connectivity index (χ1n) is 5.84. The van der Waals surface area contributed by atoms with E-state index in [4.69, 9.17) is 11.6 Å². The van der Waals surface area contributed by atoms with Crippen molar-refractivity contribution < 1.29 is 13.2 Å². The number of amides is 2. The monoisotopic (exact) mass is 302 g/mol. The normalized spacial score (nSPS) is 24.9. The van der Waals surface area contributed by atoms with Gasteiger partial charge in [-0.25, -0.2) is 13.2 Å². The van der Waals surface area contributed by atoms with Crippen molar-refractivity contribution in [2.45, 2.75) is 18.9 Å². The minimum atomic E-state index is -3.05. The first-order valence-corrected chi connectivity index (χ1v) is 8.04. The molecule has 2 N–H and O–H groups in total. The summed E-state index contributed by atoms with van der Waals surface area (Å²) in [6, 6.07) is 6.40. The molecule has 1 saturated heterocycles. The molecule has 2 amide bonds. The van der Waals surface area contributed by atoms with E-state index in [-0.39, 0.29) is 11.5 Å². The summed E-state index contributed by atoms with van der Waals surface area (Å²) in [7, 11) is -3.05. The zero-order valence-electron chi connectivity index (χ0n) is 10.4. The Hall–Kier alpha value is -1.27. The molecule has 0 radical (unpaired) electrons. The molecule has 1 unspecified atom stereocenters. The second kappa shape index (κ2) is 5.02. The van der Waals surface area contributed by atoms with Crippen molar-refractivity contribution >= 4 is 33.2 Å². The molecule has 0 saturated carbocycles. The summed E-state index contributed by atoms with van der Waals surface area (Å²) in [6.45, 7) is 1.73. The van der Waals surface area contributed by atoms with Crippen LogP contribution in [-0.2, 0) is 9.84 Å². The molecule has 7 heteroatoms. The zero-order valence-corrected chi connectivity index (χ0v) is 12.0. The maximum atomic E-state index is 11.9. The van der Waals surface area contributed by atoms with E-state index in [1.165, 1.54) is 0 Å². The molecule has 0 aliphatic carbocycles. The fraction of sp³-hybridized carbons (Fsp3) is 0.417. The third kappa shape index (κ3) is 3.61. The van der Waals surface area contributed by atoms with E-state index >= 15 is 0 Å². The van der Waals surface area contributed by atoms with E-state index in [1.54, 1.807) is 31.2 Å². The average Bonchev–Trinajstić information content (AvgIpc) is 2.56. The maximum absolute atomic E-state index is 11.9. The Morgan fingerprint density at radius 3 is 2.63 bits per heavy atom. The lowest BCUT2D eigenvalue weighted by Crippen LogP contribution is -2.48. The molecule has 5 nitrogen and oxygen atoms in total. The van der Waals surface area contributed by atoms with Crippen LogP contribution in [0.3, 0.4) is 0 Å². The van der Waals surface area contributed by atoms with Crippen molar-refractivity contribution in [1.29, 1.82) is 0 Å². The highest BCUT2D eigenvalue weighted by Gasteiger charge is 2.39. The number of urea groups is 1. The molecular formula is C12H15ClN2O3S. The number of benzene rings is 1. The van der Waals surface area contributed by atoms with Crippen molar-refractivity contribution in [3.8, 4) is 0 Å². The highest BCUT2D eigenvalue weighted by atomic mass is 35.5. The van der Waals surface area contributed by atoms with Crippen LogP contribution >= 0.6 is 11.6 Å². The third-order valence-electron chi connectivity index (χ3n) is 3.04. The summed E-state index contributed by atoms with van der Waals surface area (Å²) in [4.78, 5) is 11.9. The molecule has 1 aliphatic rings. The molecule has 1 aromatic carbocycles. The highest BCUT2D eigenvalue weighted by Crippen LogP contribution is 2.24. The van der Waals surface area contributed by atoms with Crippen molar-refractivity contribution in [3.05, 3.63) is 29.3 Å². The smallest absolute Gasteiger partial charge is 0.319 e. The van der Waals surface area contributed by atoms with E-state index in [0.717, 1.165) is 0 Å². The second-order valence-corrected chi connectivity index (χ2v) is 7.55. The Bertz CT molecular complexity index is 603. The van der Waals surface area contributed by atoms with E-state index in [0.29, 0.717) is 17.1 Å². The van der Waals surface area contributed by atoms with Gasteiger partial charge < -0.3 is 10.6 Å². The van der Waals surface area contributed by atoms with Crippen LogP contribution in [0.4, 0.5) is 10.5 Å². The Morgan fingerprint density at radius 2 is 2.05 bits per heavy atom. The summed E-state index contributed by atoms with van der Waals surface area (Å²) in [5.41, 5.74) is -0.226. The molecule has 1 aromatic rings. The van der Waals surface area contributed by atoms with Crippen LogP contribution in [0.15, 0.2) is 24.3 Å². The molecule has 2 rings (SSSR count). The number of halogens is 1. The number of anilines is 1. The van der Waals surface area contributed by atoms with Crippen molar-refractivity contribution in [2.75, 3.05) is 16.8 Å². The fourth-order valence-electron chi connectivity index (χ4n) is 2.10. The van der Waals surface area contributed by atoms with E-state index in [9.17, 15) is 13.2 Å². The zero-order chi connectivity index (χ0) is 14.1. The first-order chi connectivity index (χ1) is 8.80. The lowest BCUT2D eigenvalue weighted by molar-refractivity contribution is 0.242. The van der Waals surface area contributed by atoms with E-state index in [1.807, 2.05) is 0 Å². The number of carbonyl (C=O) groups is 1. The number of sulfone groups is 1. The van der Waals surface area contributed by atoms with Gasteiger partial charge in [-0.3, -0.25) is 0 Å². The molecule has 1 heterocycles. The van der Waals surface area contributed by atoms with Gasteiger partial charge in [-0.05, 0) is 25.5 Å². The summed E-state index contributed by atoms with van der Waals surface area (Å²) >= 11 is 5.93. The van der Waals surface area contributed by atoms with Crippen LogP contribution in [0.2, 0.25) is 5.02 Å². The van der Waals surface area contributed by atoms with Crippen LogP contribution in [0.5, 0.6) is 0 Å². The quantitative estimate of drug-likeness (QED) is 0.878. The SMILES string of the molecule is CC1(NC(=O)Nc2ccccc2Cl)CCS(=O)(=O)C1. The minimum absolute atomic E-state index is 0.0318. The number of hydrogen-bond donors (Lipinski definition) is 2. The number of carbonyl (C=O) groups excluding carboxylic acids is 1. The van der Waals surface area contributed by atoms with E-state index < -0.39 is 21.4 Å². The molecule has 0 bridgehead atoms. The molecule has 1 atom stereocenters.